The molecule has 3 atom stereocenters. The third-order valence-electron chi connectivity index (χ3n) is 12.5. The maximum atomic E-state index is 14.6. The summed E-state index contributed by atoms with van der Waals surface area (Å²) in [7, 11) is -3.37. The lowest BCUT2D eigenvalue weighted by atomic mass is 9.98. The number of halogens is 2. The van der Waals surface area contributed by atoms with Crippen LogP contribution in [0.1, 0.15) is 78.1 Å². The van der Waals surface area contributed by atoms with E-state index in [-0.39, 0.29) is 66.2 Å². The van der Waals surface area contributed by atoms with Gasteiger partial charge in [0.2, 0.25) is 15.9 Å². The first-order valence-electron chi connectivity index (χ1n) is 23.1. The fraction of sp³-hybridized carbons (Fsp3) is 0.426. The van der Waals surface area contributed by atoms with Gasteiger partial charge in [-0.3, -0.25) is 14.4 Å². The summed E-state index contributed by atoms with van der Waals surface area (Å²) in [4.78, 5) is 60.4. The molecule has 0 aliphatic carbocycles. The molecule has 2 fully saturated rings. The number of anilines is 2. The molecule has 3 unspecified atom stereocenters. The summed E-state index contributed by atoms with van der Waals surface area (Å²) in [6.45, 7) is 6.13. The van der Waals surface area contributed by atoms with Gasteiger partial charge in [0, 0.05) is 98.9 Å². The molecule has 5 N–H and O–H groups in total. The van der Waals surface area contributed by atoms with Gasteiger partial charge in [0.1, 0.15) is 24.5 Å². The van der Waals surface area contributed by atoms with Crippen LogP contribution >= 0.6 is 0 Å². The number of aromatic nitrogens is 8. The van der Waals surface area contributed by atoms with Crippen LogP contribution in [-0.4, -0.2) is 156 Å². The minimum absolute atomic E-state index is 0.0201. The Labute approximate surface area is 412 Å². The summed E-state index contributed by atoms with van der Waals surface area (Å²) in [5.74, 6) is -1.20. The molecule has 22 nitrogen and oxygen atoms in total. The maximum Gasteiger partial charge on any atom is 0.255 e. The second-order valence-electron chi connectivity index (χ2n) is 18.6. The van der Waals surface area contributed by atoms with E-state index in [0.717, 1.165) is 6.26 Å². The Balaban J connectivity index is 1.06. The van der Waals surface area contributed by atoms with Crippen LogP contribution in [0, 0.1) is 28.6 Å². The highest BCUT2D eigenvalue weighted by atomic mass is 32.2. The Hall–Kier alpha value is -7.74. The number of sulfonamides is 1. The quantitative estimate of drug-likeness (QED) is 0.0878. The van der Waals surface area contributed by atoms with Crippen molar-refractivity contribution in [1.29, 1.82) is 10.5 Å². The molecule has 2 aliphatic heterocycles. The number of likely N-dealkylation sites (tertiary alicyclic amines) is 1. The van der Waals surface area contributed by atoms with Crippen molar-refractivity contribution >= 4 is 61.2 Å². The van der Waals surface area contributed by atoms with Crippen LogP contribution in [0.15, 0.2) is 55.2 Å². The number of hydrogen-bond acceptors (Lipinski definition) is 16. The van der Waals surface area contributed by atoms with Crippen molar-refractivity contribution in [3.05, 3.63) is 83.2 Å². The number of hydrogen-bond donors (Lipinski definition) is 5. The highest BCUT2D eigenvalue weighted by Gasteiger charge is 2.40. The lowest BCUT2D eigenvalue weighted by Gasteiger charge is -2.41. The Morgan fingerprint density at radius 1 is 0.847 bits per heavy atom. The number of nitriles is 2. The number of pyridine rings is 4. The molecule has 0 radical (unpaired) electrons. The average molecular weight is 1010 g/mol. The normalized spacial score (nSPS) is 16.1. The molecule has 6 aromatic heterocycles. The third-order valence-corrected chi connectivity index (χ3v) is 13.7. The fourth-order valence-electron chi connectivity index (χ4n) is 8.35. The van der Waals surface area contributed by atoms with Gasteiger partial charge in [-0.2, -0.15) is 30.1 Å². The van der Waals surface area contributed by atoms with Crippen molar-refractivity contribution < 1.29 is 36.7 Å². The lowest BCUT2D eigenvalue weighted by Crippen LogP contribution is -2.57. The van der Waals surface area contributed by atoms with Crippen LogP contribution in [0.25, 0.3) is 33.7 Å². The Morgan fingerprint density at radius 2 is 1.47 bits per heavy atom. The second-order valence-corrected chi connectivity index (χ2v) is 20.6. The van der Waals surface area contributed by atoms with Crippen LogP contribution in [0.3, 0.4) is 0 Å². The minimum atomic E-state index is -3.37. The molecule has 3 amide bonds. The van der Waals surface area contributed by atoms with Crippen LogP contribution in [0.5, 0.6) is 0 Å². The molecule has 2 aliphatic rings. The van der Waals surface area contributed by atoms with Gasteiger partial charge in [0.05, 0.1) is 69.8 Å². The number of nitrogens with zero attached hydrogens (tertiary/aromatic N) is 12. The smallest absolute Gasteiger partial charge is 0.255 e. The highest BCUT2D eigenvalue weighted by molar-refractivity contribution is 7.88. The van der Waals surface area contributed by atoms with E-state index in [4.69, 9.17) is 5.10 Å². The number of piperidine rings is 1. The summed E-state index contributed by atoms with van der Waals surface area (Å²) < 4.78 is 56.6. The Kier molecular flexibility index (Phi) is 14.4. The number of rotatable bonds is 17. The maximum absolute atomic E-state index is 14.6. The molecule has 376 valence electrons. The van der Waals surface area contributed by atoms with E-state index in [2.05, 4.69) is 58.4 Å². The minimum Gasteiger partial charge on any atom is -0.387 e. The van der Waals surface area contributed by atoms with Gasteiger partial charge in [-0.05, 0) is 52.7 Å². The van der Waals surface area contributed by atoms with Crippen molar-refractivity contribution in [1.82, 2.24) is 59.3 Å². The van der Waals surface area contributed by atoms with Crippen LogP contribution in [-0.2, 0) is 21.2 Å². The molecule has 8 rings (SSSR count). The Bertz CT molecular complexity index is 3260. The molecule has 0 saturated carbocycles. The number of aliphatic hydroxyl groups is 1. The number of carbonyl (C=O) groups excluding carboxylic acids is 3. The van der Waals surface area contributed by atoms with E-state index >= 15 is 0 Å². The summed E-state index contributed by atoms with van der Waals surface area (Å²) >= 11 is 0. The summed E-state index contributed by atoms with van der Waals surface area (Å²) in [5.41, 5.74) is 0.767. The Morgan fingerprint density at radius 3 is 2.11 bits per heavy atom. The highest BCUT2D eigenvalue weighted by Crippen LogP contribution is 2.29. The number of fused-ring (bicyclic) bond motifs is 2. The standard InChI is InChI=1S/C47H52F2N16O6S/c1-26(48)17-52-36-13-41(54-21-34(36)44(66)57-23-39(49)47(3,4)69)65-43-33(12-29(16-51)19-56-43)38(61-65)10-27(2)59-37-14-40(64-42-30(20-58-64)11-28(15-50)18-55-42)53-22-35(37)45(67)60-32-6-8-62(9-7-32)46(68)31-24-63(25-31)72(5,70)71/h11-14,18-22,26-27,31-32,39,69H,6-10,17,23-25H2,1-5H3,(H,52,54)(H,53,59)(H,57,66)(H,60,67). The van der Waals surface area contributed by atoms with Gasteiger partial charge < -0.3 is 31.3 Å². The molecule has 25 heteroatoms. The first-order valence-corrected chi connectivity index (χ1v) is 24.9. The van der Waals surface area contributed by atoms with E-state index in [9.17, 15) is 47.2 Å². The van der Waals surface area contributed by atoms with E-state index in [0.29, 0.717) is 70.8 Å². The SMILES string of the molecule is CC(F)CNc1cc(-n2nc(CC(C)Nc3cc(-n4ncc5cc(C#N)cnc54)ncc3C(=O)NC3CCN(C(=O)C4CN(S(C)(=O)=O)C4)CC3)c3cc(C#N)cnc32)ncc1C(=O)NCC(F)C(C)(C)O. The van der Waals surface area contributed by atoms with Crippen LogP contribution in [0.4, 0.5) is 20.2 Å². The zero-order valence-corrected chi connectivity index (χ0v) is 40.8. The summed E-state index contributed by atoms with van der Waals surface area (Å²) in [5, 5.41) is 51.7. The number of alkyl halides is 2. The third kappa shape index (κ3) is 11.1. The number of amides is 3. The van der Waals surface area contributed by atoms with Gasteiger partial charge >= 0.3 is 0 Å². The van der Waals surface area contributed by atoms with E-state index in [1.165, 1.54) is 65.3 Å². The van der Waals surface area contributed by atoms with Gasteiger partial charge in [-0.15, -0.1) is 0 Å². The van der Waals surface area contributed by atoms with Gasteiger partial charge in [0.25, 0.3) is 11.8 Å². The monoisotopic (exact) mass is 1010 g/mol. The fourth-order valence-corrected chi connectivity index (χ4v) is 9.25. The first-order chi connectivity index (χ1) is 34.2. The zero-order chi connectivity index (χ0) is 51.6. The number of carbonyl (C=O) groups is 3. The van der Waals surface area contributed by atoms with E-state index in [1.54, 1.807) is 29.3 Å². The lowest BCUT2D eigenvalue weighted by molar-refractivity contribution is -0.140. The van der Waals surface area contributed by atoms with Crippen molar-refractivity contribution in [3.63, 3.8) is 0 Å². The van der Waals surface area contributed by atoms with Crippen molar-refractivity contribution in [2.45, 2.75) is 77.0 Å². The topological polar surface area (TPSA) is 295 Å². The molecule has 2 saturated heterocycles. The number of nitrogens with one attached hydrogen (secondary N) is 4. The van der Waals surface area contributed by atoms with Crippen molar-refractivity contribution in [3.8, 4) is 23.8 Å². The van der Waals surface area contributed by atoms with E-state index < -0.39 is 58.3 Å². The molecule has 0 spiro atoms. The molecule has 8 heterocycles. The van der Waals surface area contributed by atoms with E-state index in [1.807, 2.05) is 6.92 Å². The molecule has 0 bridgehead atoms. The molecular formula is C47H52F2N16O6S. The molecule has 6 aromatic rings. The molecule has 0 aromatic carbocycles. The van der Waals surface area contributed by atoms with Crippen molar-refractivity contribution in [2.75, 3.05) is 56.2 Å². The predicted molar refractivity (Wildman–Crippen MR) is 259 cm³/mol. The van der Waals surface area contributed by atoms with Crippen molar-refractivity contribution in [2.24, 2.45) is 5.92 Å². The van der Waals surface area contributed by atoms with Gasteiger partial charge in [-0.1, -0.05) is 0 Å². The first kappa shape index (κ1) is 50.6. The van der Waals surface area contributed by atoms with Gasteiger partial charge in [-0.25, -0.2) is 41.4 Å². The molecular weight excluding hydrogens is 955 g/mol. The van der Waals surface area contributed by atoms with Gasteiger partial charge in [0.15, 0.2) is 22.9 Å². The summed E-state index contributed by atoms with van der Waals surface area (Å²) in [6, 6.07) is 9.79. The molecule has 72 heavy (non-hydrogen) atoms. The predicted octanol–water partition coefficient (Wildman–Crippen LogP) is 2.95. The van der Waals surface area contributed by atoms with Crippen LogP contribution < -0.4 is 21.3 Å². The van der Waals surface area contributed by atoms with Crippen LogP contribution in [0.2, 0.25) is 0 Å². The second kappa shape index (κ2) is 20.5. The zero-order valence-electron chi connectivity index (χ0n) is 40.0. The average Bonchev–Trinajstić information content (AvgIpc) is 3.91. The largest absolute Gasteiger partial charge is 0.387 e. The summed E-state index contributed by atoms with van der Waals surface area (Å²) in [6.07, 6.45) is 6.13.